The van der Waals surface area contributed by atoms with Crippen molar-refractivity contribution in [3.63, 3.8) is 0 Å². The Labute approximate surface area is 78.4 Å². The number of carbonyl (C=O) groups excluding carboxylic acids is 1. The average Bonchev–Trinajstić information content (AvgIpc) is 2.48. The van der Waals surface area contributed by atoms with Crippen LogP contribution < -0.4 is 0 Å². The van der Waals surface area contributed by atoms with Crippen molar-refractivity contribution in [1.82, 2.24) is 0 Å². The molecule has 1 saturated carbocycles. The standard InChI is InChI=1S/C10H16O3/c1-3-6-10(9(12)13-2)7-4-5-8(10)11/h3,8,11H,1,4-7H2,2H3/t8-,10-/m0/s1. The zero-order valence-electron chi connectivity index (χ0n) is 7.95. The molecule has 1 aliphatic rings. The second-order valence-corrected chi connectivity index (χ2v) is 3.55. The predicted octanol–water partition coefficient (Wildman–Crippen LogP) is 1.27. The van der Waals surface area contributed by atoms with Gasteiger partial charge in [-0.1, -0.05) is 6.08 Å². The second-order valence-electron chi connectivity index (χ2n) is 3.55. The van der Waals surface area contributed by atoms with Gasteiger partial charge in [0.15, 0.2) is 0 Å². The van der Waals surface area contributed by atoms with Crippen LogP contribution >= 0.6 is 0 Å². The van der Waals surface area contributed by atoms with Gasteiger partial charge in [-0.15, -0.1) is 6.58 Å². The first kappa shape index (κ1) is 10.3. The monoisotopic (exact) mass is 184 g/mol. The molecule has 0 bridgehead atoms. The summed E-state index contributed by atoms with van der Waals surface area (Å²) >= 11 is 0. The van der Waals surface area contributed by atoms with Gasteiger partial charge >= 0.3 is 5.97 Å². The van der Waals surface area contributed by atoms with E-state index >= 15 is 0 Å². The van der Waals surface area contributed by atoms with Gasteiger partial charge in [0.25, 0.3) is 0 Å². The van der Waals surface area contributed by atoms with Crippen molar-refractivity contribution in [3.8, 4) is 0 Å². The maximum Gasteiger partial charge on any atom is 0.314 e. The number of hydrogen-bond acceptors (Lipinski definition) is 3. The summed E-state index contributed by atoms with van der Waals surface area (Å²) in [6, 6.07) is 0. The van der Waals surface area contributed by atoms with Crippen molar-refractivity contribution in [2.24, 2.45) is 5.41 Å². The molecule has 2 atom stereocenters. The summed E-state index contributed by atoms with van der Waals surface area (Å²) in [4.78, 5) is 11.5. The normalized spacial score (nSPS) is 32.9. The van der Waals surface area contributed by atoms with Gasteiger partial charge in [0.05, 0.1) is 18.6 Å². The molecule has 0 unspecified atom stereocenters. The molecule has 0 aliphatic heterocycles. The van der Waals surface area contributed by atoms with Crippen molar-refractivity contribution in [2.45, 2.75) is 31.8 Å². The molecule has 0 heterocycles. The lowest BCUT2D eigenvalue weighted by Crippen LogP contribution is -2.38. The van der Waals surface area contributed by atoms with Gasteiger partial charge in [0, 0.05) is 0 Å². The van der Waals surface area contributed by atoms with Crippen LogP contribution in [0.3, 0.4) is 0 Å². The average molecular weight is 184 g/mol. The molecule has 3 heteroatoms. The van der Waals surface area contributed by atoms with Gasteiger partial charge in [0.1, 0.15) is 0 Å². The maximum atomic E-state index is 11.5. The highest BCUT2D eigenvalue weighted by Gasteiger charge is 2.48. The highest BCUT2D eigenvalue weighted by atomic mass is 16.5. The zero-order chi connectivity index (χ0) is 9.90. The highest BCUT2D eigenvalue weighted by Crippen LogP contribution is 2.42. The molecule has 0 radical (unpaired) electrons. The van der Waals surface area contributed by atoms with Crippen LogP contribution in [0, 0.1) is 5.41 Å². The van der Waals surface area contributed by atoms with E-state index in [9.17, 15) is 9.90 Å². The van der Waals surface area contributed by atoms with Crippen molar-refractivity contribution in [2.75, 3.05) is 7.11 Å². The number of allylic oxidation sites excluding steroid dienone is 1. The minimum absolute atomic E-state index is 0.308. The first-order valence-electron chi connectivity index (χ1n) is 4.55. The largest absolute Gasteiger partial charge is 0.469 e. The molecule has 74 valence electrons. The molecular weight excluding hydrogens is 168 g/mol. The molecule has 0 amide bonds. The van der Waals surface area contributed by atoms with Gasteiger partial charge in [-0.2, -0.15) is 0 Å². The van der Waals surface area contributed by atoms with E-state index < -0.39 is 11.5 Å². The van der Waals surface area contributed by atoms with Crippen LogP contribution in [0.4, 0.5) is 0 Å². The van der Waals surface area contributed by atoms with Crippen molar-refractivity contribution < 1.29 is 14.6 Å². The van der Waals surface area contributed by atoms with Gasteiger partial charge < -0.3 is 9.84 Å². The number of methoxy groups -OCH3 is 1. The summed E-state index contributed by atoms with van der Waals surface area (Å²) in [5.74, 6) is -0.308. The van der Waals surface area contributed by atoms with Crippen LogP contribution in [0.25, 0.3) is 0 Å². The molecule has 0 aromatic carbocycles. The summed E-state index contributed by atoms with van der Waals surface area (Å²) in [6.07, 6.45) is 3.87. The molecule has 0 aromatic rings. The number of carbonyl (C=O) groups is 1. The highest BCUT2D eigenvalue weighted by molar-refractivity contribution is 5.78. The number of ether oxygens (including phenoxy) is 1. The molecule has 1 aliphatic carbocycles. The van der Waals surface area contributed by atoms with Crippen LogP contribution in [-0.2, 0) is 9.53 Å². The van der Waals surface area contributed by atoms with Gasteiger partial charge in [-0.05, 0) is 25.7 Å². The van der Waals surface area contributed by atoms with Gasteiger partial charge in [-0.3, -0.25) is 4.79 Å². The predicted molar refractivity (Wildman–Crippen MR) is 49.1 cm³/mol. The van der Waals surface area contributed by atoms with Crippen LogP contribution in [0.5, 0.6) is 0 Å². The maximum absolute atomic E-state index is 11.5. The lowest BCUT2D eigenvalue weighted by atomic mass is 9.81. The SMILES string of the molecule is C=CC[C@]1(C(=O)OC)CCC[C@@H]1O. The lowest BCUT2D eigenvalue weighted by molar-refractivity contribution is -0.158. The molecule has 1 rings (SSSR count). The van der Waals surface area contributed by atoms with E-state index in [2.05, 4.69) is 6.58 Å². The quantitative estimate of drug-likeness (QED) is 0.530. The zero-order valence-corrected chi connectivity index (χ0v) is 7.95. The second kappa shape index (κ2) is 3.92. The van der Waals surface area contributed by atoms with Gasteiger partial charge in [-0.25, -0.2) is 0 Å². The topological polar surface area (TPSA) is 46.5 Å². The van der Waals surface area contributed by atoms with E-state index in [0.717, 1.165) is 6.42 Å². The van der Waals surface area contributed by atoms with Crippen LogP contribution in [0.2, 0.25) is 0 Å². The number of aliphatic hydroxyl groups excluding tert-OH is 1. The summed E-state index contributed by atoms with van der Waals surface area (Å²) in [7, 11) is 1.36. The summed E-state index contributed by atoms with van der Waals surface area (Å²) in [6.45, 7) is 3.60. The van der Waals surface area contributed by atoms with E-state index in [0.29, 0.717) is 19.3 Å². The number of hydrogen-bond donors (Lipinski definition) is 1. The Hall–Kier alpha value is -0.830. The summed E-state index contributed by atoms with van der Waals surface area (Å²) < 4.78 is 4.71. The van der Waals surface area contributed by atoms with E-state index in [1.54, 1.807) is 6.08 Å². The fourth-order valence-corrected chi connectivity index (χ4v) is 2.07. The molecule has 3 nitrogen and oxygen atoms in total. The minimum atomic E-state index is -0.712. The van der Waals surface area contributed by atoms with Gasteiger partial charge in [0.2, 0.25) is 0 Å². The van der Waals surface area contributed by atoms with Crippen molar-refractivity contribution in [3.05, 3.63) is 12.7 Å². The first-order chi connectivity index (χ1) is 6.17. The first-order valence-corrected chi connectivity index (χ1v) is 4.55. The Kier molecular flexibility index (Phi) is 3.09. The smallest absolute Gasteiger partial charge is 0.314 e. The lowest BCUT2D eigenvalue weighted by Gasteiger charge is -2.28. The van der Waals surface area contributed by atoms with Crippen LogP contribution in [0.1, 0.15) is 25.7 Å². The fraction of sp³-hybridized carbons (Fsp3) is 0.700. The van der Waals surface area contributed by atoms with E-state index in [1.807, 2.05) is 0 Å². The summed E-state index contributed by atoms with van der Waals surface area (Å²) in [5.41, 5.74) is -0.712. The molecule has 13 heavy (non-hydrogen) atoms. The van der Waals surface area contributed by atoms with Crippen LogP contribution in [-0.4, -0.2) is 24.3 Å². The Bertz CT molecular complexity index is 212. The Morgan fingerprint density at radius 3 is 2.92 bits per heavy atom. The third-order valence-electron chi connectivity index (χ3n) is 2.84. The molecule has 0 saturated heterocycles. The van der Waals surface area contributed by atoms with Crippen LogP contribution in [0.15, 0.2) is 12.7 Å². The van der Waals surface area contributed by atoms with E-state index in [1.165, 1.54) is 7.11 Å². The molecule has 1 N–H and O–H groups in total. The third-order valence-corrected chi connectivity index (χ3v) is 2.84. The Morgan fingerprint density at radius 1 is 1.85 bits per heavy atom. The molecule has 0 spiro atoms. The van der Waals surface area contributed by atoms with E-state index in [-0.39, 0.29) is 5.97 Å². The Morgan fingerprint density at radius 2 is 2.54 bits per heavy atom. The number of rotatable bonds is 3. The third kappa shape index (κ3) is 1.61. The van der Waals surface area contributed by atoms with Crippen molar-refractivity contribution in [1.29, 1.82) is 0 Å². The number of esters is 1. The van der Waals surface area contributed by atoms with E-state index in [4.69, 9.17) is 4.74 Å². The summed E-state index contributed by atoms with van der Waals surface area (Å²) in [5, 5.41) is 9.72. The van der Waals surface area contributed by atoms with Crippen molar-refractivity contribution >= 4 is 5.97 Å². The Balaban J connectivity index is 2.85. The fourth-order valence-electron chi connectivity index (χ4n) is 2.07. The molecular formula is C10H16O3. The number of aliphatic hydroxyl groups is 1. The minimum Gasteiger partial charge on any atom is -0.469 e. The molecule has 0 aromatic heterocycles. The molecule has 1 fully saturated rings.